The average Bonchev–Trinajstić information content (AvgIpc) is 2.25. The van der Waals surface area contributed by atoms with E-state index in [4.69, 9.17) is 4.74 Å². The molecule has 1 aromatic rings. The number of aryl methyl sites for hydroxylation is 1. The van der Waals surface area contributed by atoms with E-state index in [2.05, 4.69) is 11.4 Å². The highest BCUT2D eigenvalue weighted by Crippen LogP contribution is 2.23. The third kappa shape index (κ3) is 2.94. The van der Waals surface area contributed by atoms with E-state index in [1.807, 2.05) is 26.1 Å². The zero-order valence-corrected chi connectivity index (χ0v) is 9.58. The fraction of sp³-hybridized carbons (Fsp3) is 0.500. The maximum atomic E-state index is 9.26. The van der Waals surface area contributed by atoms with Gasteiger partial charge < -0.3 is 15.2 Å². The topological polar surface area (TPSA) is 41.5 Å². The lowest BCUT2D eigenvalue weighted by molar-refractivity contribution is 0.263. The summed E-state index contributed by atoms with van der Waals surface area (Å²) in [5, 5.41) is 12.3. The molecule has 0 aliphatic heterocycles. The van der Waals surface area contributed by atoms with Crippen molar-refractivity contribution >= 4 is 0 Å². The number of rotatable bonds is 5. The van der Waals surface area contributed by atoms with Crippen molar-refractivity contribution in [3.05, 3.63) is 29.3 Å². The van der Waals surface area contributed by atoms with E-state index in [1.165, 1.54) is 0 Å². The van der Waals surface area contributed by atoms with Crippen LogP contribution in [0.4, 0.5) is 0 Å². The van der Waals surface area contributed by atoms with E-state index >= 15 is 0 Å². The lowest BCUT2D eigenvalue weighted by Gasteiger charge is -2.15. The molecule has 0 fully saturated rings. The average molecular weight is 209 g/mol. The number of ether oxygens (including phenoxy) is 1. The number of aliphatic hydroxyl groups excluding tert-OH is 1. The zero-order valence-electron chi connectivity index (χ0n) is 9.58. The van der Waals surface area contributed by atoms with Gasteiger partial charge in [-0.3, -0.25) is 0 Å². The van der Waals surface area contributed by atoms with Crippen molar-refractivity contribution in [3.63, 3.8) is 0 Å². The van der Waals surface area contributed by atoms with Crippen LogP contribution in [-0.2, 0) is 0 Å². The molecule has 3 heteroatoms. The van der Waals surface area contributed by atoms with Gasteiger partial charge in [0.25, 0.3) is 0 Å². The van der Waals surface area contributed by atoms with Crippen LogP contribution in [0.1, 0.15) is 17.0 Å². The van der Waals surface area contributed by atoms with E-state index in [1.54, 1.807) is 7.11 Å². The summed E-state index contributed by atoms with van der Waals surface area (Å²) in [4.78, 5) is 0. The zero-order chi connectivity index (χ0) is 11.3. The summed E-state index contributed by atoms with van der Waals surface area (Å²) in [6.45, 7) is 2.95. The molecular formula is C12H19NO2. The van der Waals surface area contributed by atoms with E-state index in [-0.39, 0.29) is 12.5 Å². The highest BCUT2D eigenvalue weighted by molar-refractivity contribution is 5.37. The van der Waals surface area contributed by atoms with Gasteiger partial charge in [0, 0.05) is 12.5 Å². The molecule has 0 aliphatic carbocycles. The number of aliphatic hydroxyl groups is 1. The first-order valence-corrected chi connectivity index (χ1v) is 5.13. The van der Waals surface area contributed by atoms with Crippen LogP contribution in [0.15, 0.2) is 18.2 Å². The van der Waals surface area contributed by atoms with Crippen LogP contribution in [0.5, 0.6) is 5.75 Å². The quantitative estimate of drug-likeness (QED) is 0.768. The van der Waals surface area contributed by atoms with Gasteiger partial charge in [-0.15, -0.1) is 0 Å². The second kappa shape index (κ2) is 5.73. The second-order valence-electron chi connectivity index (χ2n) is 3.67. The Bertz CT molecular complexity index is 312. The summed E-state index contributed by atoms with van der Waals surface area (Å²) in [5.74, 6) is 1.04. The van der Waals surface area contributed by atoms with Gasteiger partial charge in [-0.2, -0.15) is 0 Å². The fourth-order valence-electron chi connectivity index (χ4n) is 1.69. The summed E-state index contributed by atoms with van der Waals surface area (Å²) in [7, 11) is 3.55. The van der Waals surface area contributed by atoms with Crippen LogP contribution in [0, 0.1) is 6.92 Å². The smallest absolute Gasteiger partial charge is 0.121 e. The van der Waals surface area contributed by atoms with Crippen LogP contribution >= 0.6 is 0 Å². The third-order valence-electron chi connectivity index (χ3n) is 2.56. The Morgan fingerprint density at radius 2 is 2.20 bits per heavy atom. The molecule has 1 atom stereocenters. The first-order valence-electron chi connectivity index (χ1n) is 5.13. The minimum absolute atomic E-state index is 0.152. The SMILES string of the molecule is CNCC(CO)c1ccc(OC)c(C)c1. The number of nitrogens with one attached hydrogen (secondary N) is 1. The molecule has 1 unspecified atom stereocenters. The van der Waals surface area contributed by atoms with Crippen LogP contribution in [0.3, 0.4) is 0 Å². The van der Waals surface area contributed by atoms with Crippen molar-refractivity contribution in [2.24, 2.45) is 0 Å². The summed E-state index contributed by atoms with van der Waals surface area (Å²) < 4.78 is 5.20. The van der Waals surface area contributed by atoms with Crippen LogP contribution in [-0.4, -0.2) is 32.4 Å². The van der Waals surface area contributed by atoms with E-state index in [0.29, 0.717) is 0 Å². The number of methoxy groups -OCH3 is 1. The lowest BCUT2D eigenvalue weighted by atomic mass is 9.98. The Labute approximate surface area is 91.1 Å². The van der Waals surface area contributed by atoms with E-state index in [9.17, 15) is 5.11 Å². The van der Waals surface area contributed by atoms with Crippen molar-refractivity contribution in [1.82, 2.24) is 5.32 Å². The molecule has 2 N–H and O–H groups in total. The molecule has 0 aliphatic rings. The molecule has 0 saturated carbocycles. The van der Waals surface area contributed by atoms with Crippen LogP contribution < -0.4 is 10.1 Å². The van der Waals surface area contributed by atoms with Crippen LogP contribution in [0.25, 0.3) is 0 Å². The summed E-state index contributed by atoms with van der Waals surface area (Å²) in [6, 6.07) is 6.02. The molecule has 3 nitrogen and oxygen atoms in total. The van der Waals surface area contributed by atoms with Crippen molar-refractivity contribution in [2.75, 3.05) is 27.3 Å². The van der Waals surface area contributed by atoms with Crippen molar-refractivity contribution in [1.29, 1.82) is 0 Å². The summed E-state index contributed by atoms with van der Waals surface area (Å²) >= 11 is 0. The molecule has 84 valence electrons. The minimum atomic E-state index is 0.152. The minimum Gasteiger partial charge on any atom is -0.496 e. The monoisotopic (exact) mass is 209 g/mol. The Morgan fingerprint density at radius 1 is 1.47 bits per heavy atom. The maximum Gasteiger partial charge on any atom is 0.121 e. The number of benzene rings is 1. The Balaban J connectivity index is 2.89. The first-order chi connectivity index (χ1) is 7.22. The maximum absolute atomic E-state index is 9.26. The Morgan fingerprint density at radius 3 is 2.67 bits per heavy atom. The van der Waals surface area contributed by atoms with Gasteiger partial charge in [0.1, 0.15) is 5.75 Å². The standard InChI is InChI=1S/C12H19NO2/c1-9-6-10(4-5-12(9)15-3)11(8-14)7-13-2/h4-6,11,13-14H,7-8H2,1-3H3. The largest absolute Gasteiger partial charge is 0.496 e. The van der Waals surface area contributed by atoms with Crippen LogP contribution in [0.2, 0.25) is 0 Å². The van der Waals surface area contributed by atoms with Crippen molar-refractivity contribution < 1.29 is 9.84 Å². The van der Waals surface area contributed by atoms with E-state index in [0.717, 1.165) is 23.4 Å². The molecule has 0 heterocycles. The molecule has 0 amide bonds. The molecule has 15 heavy (non-hydrogen) atoms. The van der Waals surface area contributed by atoms with Gasteiger partial charge in [-0.05, 0) is 31.2 Å². The molecule has 0 radical (unpaired) electrons. The van der Waals surface area contributed by atoms with Gasteiger partial charge in [0.05, 0.1) is 13.7 Å². The first kappa shape index (κ1) is 12.0. The molecule has 0 spiro atoms. The fourth-order valence-corrected chi connectivity index (χ4v) is 1.69. The van der Waals surface area contributed by atoms with Gasteiger partial charge in [-0.1, -0.05) is 12.1 Å². The number of hydrogen-bond acceptors (Lipinski definition) is 3. The molecule has 1 aromatic carbocycles. The summed E-state index contributed by atoms with van der Waals surface area (Å²) in [6.07, 6.45) is 0. The van der Waals surface area contributed by atoms with Gasteiger partial charge in [0.15, 0.2) is 0 Å². The van der Waals surface area contributed by atoms with Crippen molar-refractivity contribution in [3.8, 4) is 5.75 Å². The number of hydrogen-bond donors (Lipinski definition) is 2. The predicted molar refractivity (Wildman–Crippen MR) is 61.5 cm³/mol. The molecular weight excluding hydrogens is 190 g/mol. The van der Waals surface area contributed by atoms with E-state index < -0.39 is 0 Å². The van der Waals surface area contributed by atoms with Gasteiger partial charge >= 0.3 is 0 Å². The highest BCUT2D eigenvalue weighted by atomic mass is 16.5. The molecule has 0 bridgehead atoms. The highest BCUT2D eigenvalue weighted by Gasteiger charge is 2.10. The molecule has 0 aromatic heterocycles. The lowest BCUT2D eigenvalue weighted by Crippen LogP contribution is -2.20. The van der Waals surface area contributed by atoms with Gasteiger partial charge in [-0.25, -0.2) is 0 Å². The molecule has 1 rings (SSSR count). The van der Waals surface area contributed by atoms with Gasteiger partial charge in [0.2, 0.25) is 0 Å². The predicted octanol–water partition coefficient (Wildman–Crippen LogP) is 1.30. The molecule has 0 saturated heterocycles. The Hall–Kier alpha value is -1.06. The number of likely N-dealkylation sites (N-methyl/N-ethyl adjacent to an activating group) is 1. The third-order valence-corrected chi connectivity index (χ3v) is 2.56. The summed E-state index contributed by atoms with van der Waals surface area (Å²) in [5.41, 5.74) is 2.25. The van der Waals surface area contributed by atoms with Crippen molar-refractivity contribution in [2.45, 2.75) is 12.8 Å². The normalized spacial score (nSPS) is 12.5. The Kier molecular flexibility index (Phi) is 4.59. The second-order valence-corrected chi connectivity index (χ2v) is 3.67.